The van der Waals surface area contributed by atoms with Crippen molar-refractivity contribution in [2.45, 2.75) is 120 Å². The minimum Gasteiger partial charge on any atom is -0.464 e. The Morgan fingerprint density at radius 1 is 0.667 bits per heavy atom. The standard InChI is InChI=1S/C37H54O5/c1-25(17-19-27(21-36(3,4)5)34-39-23-29-13-9-11-15-31(29)41-34)33(38)26(2)18-20-28(22-37(6,7)8)35-40-24-30-14-10-12-16-32(30)42-35/h9-16,25-28,34-35H,17-24H2,1-8H3. The van der Waals surface area contributed by atoms with E-state index in [0.29, 0.717) is 19.0 Å². The molecule has 0 saturated heterocycles. The quantitative estimate of drug-likeness (QED) is 0.251. The van der Waals surface area contributed by atoms with Gasteiger partial charge in [-0.3, -0.25) is 4.79 Å². The van der Waals surface area contributed by atoms with Crippen LogP contribution in [-0.4, -0.2) is 18.4 Å². The predicted molar refractivity (Wildman–Crippen MR) is 168 cm³/mol. The molecule has 2 aromatic rings. The maximum absolute atomic E-state index is 13.6. The number of benzene rings is 2. The van der Waals surface area contributed by atoms with Crippen molar-refractivity contribution in [2.24, 2.45) is 34.5 Å². The highest BCUT2D eigenvalue weighted by Crippen LogP contribution is 2.38. The van der Waals surface area contributed by atoms with E-state index in [2.05, 4.69) is 67.5 Å². The number of hydrogen-bond donors (Lipinski definition) is 0. The second kappa shape index (κ2) is 13.9. The zero-order chi connectivity index (χ0) is 30.5. The van der Waals surface area contributed by atoms with Gasteiger partial charge in [0.05, 0.1) is 13.2 Å². The Balaban J connectivity index is 1.33. The minimum atomic E-state index is -0.280. The van der Waals surface area contributed by atoms with Crippen LogP contribution in [0.15, 0.2) is 48.5 Å². The molecule has 5 nitrogen and oxygen atoms in total. The Kier molecular flexibility index (Phi) is 10.8. The van der Waals surface area contributed by atoms with E-state index in [1.807, 2.05) is 36.4 Å². The summed E-state index contributed by atoms with van der Waals surface area (Å²) in [6.07, 6.45) is 4.89. The molecule has 2 aliphatic rings. The van der Waals surface area contributed by atoms with Gasteiger partial charge in [-0.15, -0.1) is 0 Å². The van der Waals surface area contributed by atoms with Gasteiger partial charge in [0, 0.05) is 34.8 Å². The smallest absolute Gasteiger partial charge is 0.203 e. The summed E-state index contributed by atoms with van der Waals surface area (Å²) in [4.78, 5) is 13.6. The lowest BCUT2D eigenvalue weighted by Crippen LogP contribution is -2.36. The van der Waals surface area contributed by atoms with Crippen molar-refractivity contribution in [3.05, 3.63) is 59.7 Å². The summed E-state index contributed by atoms with van der Waals surface area (Å²) >= 11 is 0. The number of carbonyl (C=O) groups is 1. The summed E-state index contributed by atoms with van der Waals surface area (Å²) in [6.45, 7) is 18.9. The van der Waals surface area contributed by atoms with Crippen LogP contribution in [0.1, 0.15) is 105 Å². The average molecular weight is 579 g/mol. The Labute approximate surface area is 254 Å². The monoisotopic (exact) mass is 578 g/mol. The third-order valence-corrected chi connectivity index (χ3v) is 8.67. The molecule has 0 fully saturated rings. The third-order valence-electron chi connectivity index (χ3n) is 8.67. The number of fused-ring (bicyclic) bond motifs is 2. The van der Waals surface area contributed by atoms with Crippen molar-refractivity contribution in [2.75, 3.05) is 0 Å². The van der Waals surface area contributed by atoms with E-state index in [1.165, 1.54) is 0 Å². The molecule has 6 atom stereocenters. The van der Waals surface area contributed by atoms with Gasteiger partial charge >= 0.3 is 0 Å². The number of Topliss-reactive ketones (excluding diaryl/α,β-unsaturated/α-hetero) is 1. The summed E-state index contributed by atoms with van der Waals surface area (Å²) in [5, 5.41) is 0. The molecule has 0 radical (unpaired) electrons. The second-order valence-electron chi connectivity index (χ2n) is 15.2. The molecule has 0 spiro atoms. The van der Waals surface area contributed by atoms with Gasteiger partial charge in [-0.2, -0.15) is 0 Å². The molecule has 0 bridgehead atoms. The van der Waals surface area contributed by atoms with Crippen LogP contribution >= 0.6 is 0 Å². The first kappa shape index (κ1) is 32.5. The zero-order valence-electron chi connectivity index (χ0n) is 27.3. The van der Waals surface area contributed by atoms with Gasteiger partial charge in [0.1, 0.15) is 17.3 Å². The molecule has 232 valence electrons. The summed E-state index contributed by atoms with van der Waals surface area (Å²) < 4.78 is 25.1. The Morgan fingerprint density at radius 3 is 1.43 bits per heavy atom. The number of para-hydroxylation sites is 2. The molecule has 0 aliphatic carbocycles. The minimum absolute atomic E-state index is 0.00605. The first-order valence-corrected chi connectivity index (χ1v) is 16.0. The molecule has 0 N–H and O–H groups in total. The van der Waals surface area contributed by atoms with E-state index in [-0.39, 0.29) is 47.1 Å². The highest BCUT2D eigenvalue weighted by atomic mass is 16.7. The lowest BCUT2D eigenvalue weighted by molar-refractivity contribution is -0.150. The van der Waals surface area contributed by atoms with Crippen molar-refractivity contribution in [1.29, 1.82) is 0 Å². The highest BCUT2D eigenvalue weighted by Gasteiger charge is 2.35. The Hall–Kier alpha value is -2.37. The third kappa shape index (κ3) is 9.31. The lowest BCUT2D eigenvalue weighted by Gasteiger charge is -2.36. The maximum atomic E-state index is 13.6. The van der Waals surface area contributed by atoms with Gasteiger partial charge in [0.25, 0.3) is 0 Å². The first-order valence-electron chi connectivity index (χ1n) is 16.0. The fraction of sp³-hybridized carbons (Fsp3) is 0.649. The van der Waals surface area contributed by atoms with E-state index in [4.69, 9.17) is 18.9 Å². The van der Waals surface area contributed by atoms with Crippen molar-refractivity contribution in [3.8, 4) is 11.5 Å². The predicted octanol–water partition coefficient (Wildman–Crippen LogP) is 9.36. The zero-order valence-corrected chi connectivity index (χ0v) is 27.3. The van der Waals surface area contributed by atoms with Crippen molar-refractivity contribution in [1.82, 2.24) is 0 Å². The van der Waals surface area contributed by atoms with Crippen LogP contribution in [0.3, 0.4) is 0 Å². The van der Waals surface area contributed by atoms with Crippen molar-refractivity contribution < 1.29 is 23.7 Å². The molecular weight excluding hydrogens is 524 g/mol. The van der Waals surface area contributed by atoms with Crippen LogP contribution in [0.25, 0.3) is 0 Å². The van der Waals surface area contributed by atoms with E-state index in [0.717, 1.165) is 61.2 Å². The molecule has 5 heteroatoms. The Bertz CT molecular complexity index is 1070. The van der Waals surface area contributed by atoms with Crippen molar-refractivity contribution >= 4 is 5.78 Å². The van der Waals surface area contributed by atoms with Crippen LogP contribution in [0, 0.1) is 34.5 Å². The van der Waals surface area contributed by atoms with Crippen LogP contribution in [-0.2, 0) is 27.5 Å². The summed E-state index contributed by atoms with van der Waals surface area (Å²) in [5.41, 5.74) is 2.47. The molecule has 2 aromatic carbocycles. The summed E-state index contributed by atoms with van der Waals surface area (Å²) in [5.74, 6) is 2.63. The number of carbonyl (C=O) groups excluding carboxylic acids is 1. The van der Waals surface area contributed by atoms with E-state index >= 15 is 0 Å². The summed E-state index contributed by atoms with van der Waals surface area (Å²) in [7, 11) is 0. The van der Waals surface area contributed by atoms with Crippen molar-refractivity contribution in [3.63, 3.8) is 0 Å². The first-order chi connectivity index (χ1) is 19.8. The van der Waals surface area contributed by atoms with Gasteiger partial charge < -0.3 is 18.9 Å². The topological polar surface area (TPSA) is 54.0 Å². The molecule has 42 heavy (non-hydrogen) atoms. The lowest BCUT2D eigenvalue weighted by atomic mass is 9.78. The van der Waals surface area contributed by atoms with Crippen LogP contribution in [0.4, 0.5) is 0 Å². The van der Waals surface area contributed by atoms with E-state index in [9.17, 15) is 4.79 Å². The molecule has 0 amide bonds. The molecule has 2 heterocycles. The number of hydrogen-bond acceptors (Lipinski definition) is 5. The van der Waals surface area contributed by atoms with Crippen LogP contribution in [0.2, 0.25) is 0 Å². The normalized spacial score (nSPS) is 21.6. The molecular formula is C37H54O5. The van der Waals surface area contributed by atoms with Crippen LogP contribution in [0.5, 0.6) is 11.5 Å². The van der Waals surface area contributed by atoms with Crippen LogP contribution < -0.4 is 9.47 Å². The fourth-order valence-corrected chi connectivity index (χ4v) is 6.54. The molecule has 4 rings (SSSR count). The Morgan fingerprint density at radius 2 is 1.05 bits per heavy atom. The second-order valence-corrected chi connectivity index (χ2v) is 15.2. The largest absolute Gasteiger partial charge is 0.464 e. The van der Waals surface area contributed by atoms with E-state index in [1.54, 1.807) is 0 Å². The number of ether oxygens (including phenoxy) is 4. The number of rotatable bonds is 12. The van der Waals surface area contributed by atoms with Gasteiger partial charge in [-0.1, -0.05) is 91.8 Å². The fourth-order valence-electron chi connectivity index (χ4n) is 6.54. The van der Waals surface area contributed by atoms with Gasteiger partial charge in [-0.25, -0.2) is 0 Å². The van der Waals surface area contributed by atoms with Gasteiger partial charge in [-0.05, 0) is 61.5 Å². The maximum Gasteiger partial charge on any atom is 0.203 e. The SMILES string of the molecule is CC(CCC(CC(C)(C)C)C1OCc2ccccc2O1)C(=O)C(C)CCC(CC(C)(C)C)C1OCc2ccccc2O1. The van der Waals surface area contributed by atoms with Gasteiger partial charge in [0.2, 0.25) is 12.6 Å². The highest BCUT2D eigenvalue weighted by molar-refractivity contribution is 5.82. The molecule has 2 aliphatic heterocycles. The summed E-state index contributed by atoms with van der Waals surface area (Å²) in [6, 6.07) is 16.2. The molecule has 0 saturated carbocycles. The molecule has 0 aromatic heterocycles. The molecule has 6 unspecified atom stereocenters. The van der Waals surface area contributed by atoms with E-state index < -0.39 is 0 Å². The average Bonchev–Trinajstić information content (AvgIpc) is 2.95. The number of ketones is 1. The van der Waals surface area contributed by atoms with Gasteiger partial charge in [0.15, 0.2) is 0 Å².